The zero-order chi connectivity index (χ0) is 13.3. The molecular formula is C16H22ClNS. The van der Waals surface area contributed by atoms with E-state index in [0.29, 0.717) is 22.1 Å². The molecule has 104 valence electrons. The third-order valence-corrected chi connectivity index (χ3v) is 7.18. The highest BCUT2D eigenvalue weighted by Crippen LogP contribution is 2.70. The number of hydrogen-bond acceptors (Lipinski definition) is 2. The Morgan fingerprint density at radius 1 is 1.21 bits per heavy atom. The minimum Gasteiger partial charge on any atom is -0.244 e. The Morgan fingerprint density at radius 3 is 2.42 bits per heavy atom. The number of alkyl halides is 1. The van der Waals surface area contributed by atoms with E-state index in [9.17, 15) is 0 Å². The Bertz CT molecular complexity index is 505. The second kappa shape index (κ2) is 3.76. The molecule has 4 aliphatic rings. The molecule has 2 unspecified atom stereocenters. The van der Waals surface area contributed by atoms with Crippen molar-refractivity contribution in [1.82, 2.24) is 4.98 Å². The zero-order valence-corrected chi connectivity index (χ0v) is 13.4. The summed E-state index contributed by atoms with van der Waals surface area (Å²) in [6, 6.07) is 0. The molecule has 0 amide bonds. The van der Waals surface area contributed by atoms with Crippen LogP contribution in [-0.4, -0.2) is 4.98 Å². The smallest absolute Gasteiger partial charge is 0.0991 e. The normalized spacial score (nSPS) is 47.8. The summed E-state index contributed by atoms with van der Waals surface area (Å²) < 4.78 is 0. The van der Waals surface area contributed by atoms with Gasteiger partial charge in [0.15, 0.2) is 0 Å². The van der Waals surface area contributed by atoms with Gasteiger partial charge in [-0.25, -0.2) is 4.98 Å². The van der Waals surface area contributed by atoms with Crippen LogP contribution in [0.3, 0.4) is 0 Å². The van der Waals surface area contributed by atoms with Crippen LogP contribution in [0.4, 0.5) is 0 Å². The van der Waals surface area contributed by atoms with Gasteiger partial charge in [0.05, 0.1) is 16.6 Å². The maximum absolute atomic E-state index is 5.95. The van der Waals surface area contributed by atoms with E-state index in [0.717, 1.165) is 11.6 Å². The van der Waals surface area contributed by atoms with E-state index in [-0.39, 0.29) is 0 Å². The Kier molecular flexibility index (Phi) is 2.50. The predicted octanol–water partition coefficient (Wildman–Crippen LogP) is 5.13. The van der Waals surface area contributed by atoms with Crippen molar-refractivity contribution in [1.29, 1.82) is 0 Å². The van der Waals surface area contributed by atoms with Gasteiger partial charge in [0.2, 0.25) is 0 Å². The van der Waals surface area contributed by atoms with E-state index >= 15 is 0 Å². The third kappa shape index (κ3) is 1.82. The maximum atomic E-state index is 5.95. The van der Waals surface area contributed by atoms with Crippen molar-refractivity contribution in [3.05, 3.63) is 16.1 Å². The molecule has 3 heteroatoms. The van der Waals surface area contributed by atoms with Crippen LogP contribution >= 0.6 is 22.9 Å². The fraction of sp³-hybridized carbons (Fsp3) is 0.812. The SMILES string of the molecule is CC12CC3CC(C)(C1)CC(c1nc(CCl)cs1)(C3)C2. The maximum Gasteiger partial charge on any atom is 0.0991 e. The number of halogens is 1. The highest BCUT2D eigenvalue weighted by atomic mass is 35.5. The monoisotopic (exact) mass is 295 g/mol. The van der Waals surface area contributed by atoms with E-state index in [1.807, 2.05) is 11.3 Å². The lowest BCUT2D eigenvalue weighted by atomic mass is 9.40. The quantitative estimate of drug-likeness (QED) is 0.689. The van der Waals surface area contributed by atoms with Crippen LogP contribution in [0, 0.1) is 16.7 Å². The van der Waals surface area contributed by atoms with Crippen molar-refractivity contribution >= 4 is 22.9 Å². The minimum atomic E-state index is 0.387. The summed E-state index contributed by atoms with van der Waals surface area (Å²) >= 11 is 7.81. The highest BCUT2D eigenvalue weighted by molar-refractivity contribution is 7.09. The Balaban J connectivity index is 1.78. The van der Waals surface area contributed by atoms with Crippen molar-refractivity contribution in [2.75, 3.05) is 0 Å². The van der Waals surface area contributed by atoms with Gasteiger partial charge in [-0.1, -0.05) is 13.8 Å². The zero-order valence-electron chi connectivity index (χ0n) is 11.8. The fourth-order valence-electron chi connectivity index (χ4n) is 6.30. The second-order valence-corrected chi connectivity index (χ2v) is 9.31. The number of nitrogens with zero attached hydrogens (tertiary/aromatic N) is 1. The van der Waals surface area contributed by atoms with Gasteiger partial charge in [0.1, 0.15) is 0 Å². The van der Waals surface area contributed by atoms with Crippen LogP contribution in [0.1, 0.15) is 63.1 Å². The summed E-state index contributed by atoms with van der Waals surface area (Å²) in [5, 5.41) is 3.57. The predicted molar refractivity (Wildman–Crippen MR) is 80.8 cm³/mol. The molecule has 1 aromatic rings. The summed E-state index contributed by atoms with van der Waals surface area (Å²) in [6.45, 7) is 5.06. The molecule has 4 aliphatic carbocycles. The molecule has 0 radical (unpaired) electrons. The lowest BCUT2D eigenvalue weighted by molar-refractivity contribution is -0.110. The van der Waals surface area contributed by atoms with Gasteiger partial charge in [0.25, 0.3) is 0 Å². The molecule has 0 saturated heterocycles. The molecule has 0 N–H and O–H groups in total. The standard InChI is InChI=1S/C16H22ClNS/c1-14-3-11-4-15(2,8-14)10-16(5-11,9-14)13-18-12(6-17)7-19-13/h7,11H,3-6,8-10H2,1-2H3. The number of thiazole rings is 1. The first-order valence-corrected chi connectivity index (χ1v) is 8.87. The van der Waals surface area contributed by atoms with Crippen molar-refractivity contribution < 1.29 is 0 Å². The van der Waals surface area contributed by atoms with Gasteiger partial charge >= 0.3 is 0 Å². The number of hydrogen-bond donors (Lipinski definition) is 0. The lowest BCUT2D eigenvalue weighted by Gasteiger charge is -2.64. The summed E-state index contributed by atoms with van der Waals surface area (Å²) in [6.07, 6.45) is 8.46. The van der Waals surface area contributed by atoms with Crippen molar-refractivity contribution in [3.63, 3.8) is 0 Å². The van der Waals surface area contributed by atoms with Crippen molar-refractivity contribution in [2.24, 2.45) is 16.7 Å². The highest BCUT2D eigenvalue weighted by Gasteiger charge is 2.61. The first kappa shape index (κ1) is 12.6. The molecule has 5 rings (SSSR count). The molecular weight excluding hydrogens is 274 g/mol. The lowest BCUT2D eigenvalue weighted by Crippen LogP contribution is -2.56. The fourth-order valence-corrected chi connectivity index (χ4v) is 7.56. The van der Waals surface area contributed by atoms with Gasteiger partial charge in [-0.15, -0.1) is 22.9 Å². The van der Waals surface area contributed by atoms with Crippen molar-refractivity contribution in [2.45, 2.75) is 63.7 Å². The van der Waals surface area contributed by atoms with Crippen LogP contribution in [0.5, 0.6) is 0 Å². The molecule has 1 heterocycles. The van der Waals surface area contributed by atoms with Crippen LogP contribution < -0.4 is 0 Å². The largest absolute Gasteiger partial charge is 0.244 e. The molecule has 0 aromatic carbocycles. The van der Waals surface area contributed by atoms with E-state index in [1.165, 1.54) is 43.5 Å². The molecule has 4 fully saturated rings. The molecule has 0 aliphatic heterocycles. The average molecular weight is 296 g/mol. The molecule has 19 heavy (non-hydrogen) atoms. The van der Waals surface area contributed by atoms with Gasteiger partial charge in [0, 0.05) is 10.8 Å². The summed E-state index contributed by atoms with van der Waals surface area (Å²) in [5.41, 5.74) is 2.60. The second-order valence-electron chi connectivity index (χ2n) is 8.19. The van der Waals surface area contributed by atoms with E-state index in [1.54, 1.807) is 0 Å². The van der Waals surface area contributed by atoms with Gasteiger partial charge in [-0.2, -0.15) is 0 Å². The third-order valence-electron chi connectivity index (χ3n) is 5.77. The Hall–Kier alpha value is -0.0800. The molecule has 1 nitrogen and oxygen atoms in total. The van der Waals surface area contributed by atoms with Crippen LogP contribution in [-0.2, 0) is 11.3 Å². The summed E-state index contributed by atoms with van der Waals surface area (Å²) in [7, 11) is 0. The minimum absolute atomic E-state index is 0.387. The molecule has 0 spiro atoms. The van der Waals surface area contributed by atoms with Gasteiger partial charge in [-0.05, 0) is 55.3 Å². The molecule has 4 bridgehead atoms. The Labute approximate surface area is 124 Å². The summed E-state index contributed by atoms with van der Waals surface area (Å²) in [4.78, 5) is 4.87. The van der Waals surface area contributed by atoms with E-state index in [4.69, 9.17) is 16.6 Å². The number of rotatable bonds is 2. The first-order chi connectivity index (χ1) is 8.94. The first-order valence-electron chi connectivity index (χ1n) is 7.45. The van der Waals surface area contributed by atoms with Crippen LogP contribution in [0.25, 0.3) is 0 Å². The number of aromatic nitrogens is 1. The van der Waals surface area contributed by atoms with Gasteiger partial charge in [-0.3, -0.25) is 0 Å². The summed E-state index contributed by atoms with van der Waals surface area (Å²) in [5.74, 6) is 1.50. The van der Waals surface area contributed by atoms with E-state index in [2.05, 4.69) is 19.2 Å². The molecule has 2 atom stereocenters. The van der Waals surface area contributed by atoms with Crippen LogP contribution in [0.2, 0.25) is 0 Å². The topological polar surface area (TPSA) is 12.9 Å². The van der Waals surface area contributed by atoms with Gasteiger partial charge < -0.3 is 0 Å². The molecule has 1 aromatic heterocycles. The van der Waals surface area contributed by atoms with Crippen LogP contribution in [0.15, 0.2) is 5.38 Å². The van der Waals surface area contributed by atoms with Crippen molar-refractivity contribution in [3.8, 4) is 0 Å². The molecule has 4 saturated carbocycles. The average Bonchev–Trinajstić information content (AvgIpc) is 2.72. The van der Waals surface area contributed by atoms with E-state index < -0.39 is 0 Å². The Morgan fingerprint density at radius 2 is 1.89 bits per heavy atom.